The molecule has 0 aliphatic carbocycles. The number of rotatable bonds is 2. The van der Waals surface area contributed by atoms with Crippen molar-refractivity contribution in [1.82, 2.24) is 0 Å². The summed E-state index contributed by atoms with van der Waals surface area (Å²) < 4.78 is 0. The van der Waals surface area contributed by atoms with Crippen LogP contribution < -0.4 is 5.73 Å². The van der Waals surface area contributed by atoms with Gasteiger partial charge >= 0.3 is 0 Å². The fraction of sp³-hybridized carbons (Fsp3) is 0.182. The Morgan fingerprint density at radius 3 is 2.62 bits per heavy atom. The van der Waals surface area contributed by atoms with Crippen LogP contribution >= 0.6 is 0 Å². The molecule has 1 aromatic rings. The summed E-state index contributed by atoms with van der Waals surface area (Å²) in [6.07, 6.45) is 3.92. The number of hydrogen-bond donors (Lipinski definition) is 1. The Morgan fingerprint density at radius 1 is 1.31 bits per heavy atom. The number of nitrogens with two attached hydrogens (primary N) is 1. The minimum Gasteiger partial charge on any atom is -0.398 e. The molecular formula is C11H13NO. The molecule has 2 nitrogen and oxygen atoms in total. The van der Waals surface area contributed by atoms with Crippen LogP contribution in [-0.2, 0) is 4.79 Å². The second kappa shape index (κ2) is 3.90. The topological polar surface area (TPSA) is 43.1 Å². The van der Waals surface area contributed by atoms with Crippen LogP contribution in [0.3, 0.4) is 0 Å². The molecule has 1 rings (SSSR count). The maximum Gasteiger partial charge on any atom is 0.142 e. The van der Waals surface area contributed by atoms with Crippen molar-refractivity contribution in [2.75, 3.05) is 5.73 Å². The third kappa shape index (κ3) is 2.18. The van der Waals surface area contributed by atoms with E-state index in [1.807, 2.05) is 26.0 Å². The Kier molecular flexibility index (Phi) is 2.85. The van der Waals surface area contributed by atoms with Gasteiger partial charge in [0.25, 0.3) is 0 Å². The van der Waals surface area contributed by atoms with Gasteiger partial charge in [0, 0.05) is 5.69 Å². The molecule has 2 heteroatoms. The highest BCUT2D eigenvalue weighted by molar-refractivity contribution is 5.78. The van der Waals surface area contributed by atoms with E-state index in [9.17, 15) is 4.79 Å². The Bertz CT molecular complexity index is 353. The smallest absolute Gasteiger partial charge is 0.142 e. The van der Waals surface area contributed by atoms with Crippen molar-refractivity contribution in [3.63, 3.8) is 0 Å². The Balaban J connectivity index is 3.19. The average molecular weight is 175 g/mol. The van der Waals surface area contributed by atoms with Crippen LogP contribution in [0.1, 0.15) is 16.7 Å². The summed E-state index contributed by atoms with van der Waals surface area (Å²) in [6, 6.07) is 3.98. The van der Waals surface area contributed by atoms with Crippen LogP contribution in [0.5, 0.6) is 0 Å². The van der Waals surface area contributed by atoms with Crippen LogP contribution in [0.4, 0.5) is 5.69 Å². The molecule has 0 aliphatic heterocycles. The summed E-state index contributed by atoms with van der Waals surface area (Å²) in [5.41, 5.74) is 9.67. The van der Waals surface area contributed by atoms with Gasteiger partial charge in [-0.3, -0.25) is 4.79 Å². The van der Waals surface area contributed by atoms with Gasteiger partial charge in [0.15, 0.2) is 0 Å². The van der Waals surface area contributed by atoms with Gasteiger partial charge in [-0.1, -0.05) is 11.6 Å². The molecule has 0 saturated carbocycles. The number of nitrogen functional groups attached to an aromatic ring is 1. The first-order valence-corrected chi connectivity index (χ1v) is 4.13. The normalized spacial score (nSPS) is 10.6. The maximum absolute atomic E-state index is 10.1. The van der Waals surface area contributed by atoms with Gasteiger partial charge in [-0.2, -0.15) is 0 Å². The SMILES string of the molecule is Cc1cc(C)c(N)c(C=CC=O)c1. The van der Waals surface area contributed by atoms with E-state index in [0.717, 1.165) is 28.7 Å². The standard InChI is InChI=1S/C11H13NO/c1-8-6-9(2)11(12)10(7-8)4-3-5-13/h3-7H,12H2,1-2H3. The summed E-state index contributed by atoms with van der Waals surface area (Å²) in [5, 5.41) is 0. The number of carbonyl (C=O) groups is 1. The maximum atomic E-state index is 10.1. The first kappa shape index (κ1) is 9.52. The number of anilines is 1. The first-order valence-electron chi connectivity index (χ1n) is 4.13. The average Bonchev–Trinajstić information content (AvgIpc) is 2.09. The second-order valence-electron chi connectivity index (χ2n) is 3.08. The van der Waals surface area contributed by atoms with Gasteiger partial charge in [0.1, 0.15) is 6.29 Å². The number of allylic oxidation sites excluding steroid dienone is 1. The molecule has 0 atom stereocenters. The zero-order valence-electron chi connectivity index (χ0n) is 7.87. The molecule has 0 aromatic heterocycles. The summed E-state index contributed by atoms with van der Waals surface area (Å²) in [7, 11) is 0. The number of benzene rings is 1. The molecule has 0 spiro atoms. The van der Waals surface area contributed by atoms with E-state index in [4.69, 9.17) is 5.73 Å². The van der Waals surface area contributed by atoms with Crippen LogP contribution in [0.25, 0.3) is 6.08 Å². The van der Waals surface area contributed by atoms with Crippen molar-refractivity contribution in [3.05, 3.63) is 34.9 Å². The fourth-order valence-electron chi connectivity index (χ4n) is 1.29. The predicted octanol–water partition coefficient (Wildman–Crippen LogP) is 2.10. The summed E-state index contributed by atoms with van der Waals surface area (Å²) in [6.45, 7) is 3.96. The third-order valence-corrected chi connectivity index (χ3v) is 1.92. The Hall–Kier alpha value is -1.57. The van der Waals surface area contributed by atoms with E-state index in [0.29, 0.717) is 0 Å². The van der Waals surface area contributed by atoms with Gasteiger partial charge in [-0.05, 0) is 43.2 Å². The lowest BCUT2D eigenvalue weighted by Gasteiger charge is -2.05. The summed E-state index contributed by atoms with van der Waals surface area (Å²) >= 11 is 0. The zero-order valence-corrected chi connectivity index (χ0v) is 7.87. The van der Waals surface area contributed by atoms with Crippen molar-refractivity contribution in [3.8, 4) is 0 Å². The van der Waals surface area contributed by atoms with Crippen molar-refractivity contribution in [2.24, 2.45) is 0 Å². The summed E-state index contributed by atoms with van der Waals surface area (Å²) in [4.78, 5) is 10.1. The lowest BCUT2D eigenvalue weighted by molar-refractivity contribution is -0.104. The van der Waals surface area contributed by atoms with Crippen LogP contribution in [-0.4, -0.2) is 6.29 Å². The van der Waals surface area contributed by atoms with E-state index in [2.05, 4.69) is 0 Å². The molecule has 0 fully saturated rings. The predicted molar refractivity (Wildman–Crippen MR) is 55.4 cm³/mol. The van der Waals surface area contributed by atoms with E-state index < -0.39 is 0 Å². The van der Waals surface area contributed by atoms with Crippen molar-refractivity contribution in [2.45, 2.75) is 13.8 Å². The van der Waals surface area contributed by atoms with Crippen LogP contribution in [0.2, 0.25) is 0 Å². The lowest BCUT2D eigenvalue weighted by Crippen LogP contribution is -1.94. The zero-order chi connectivity index (χ0) is 9.84. The fourth-order valence-corrected chi connectivity index (χ4v) is 1.29. The second-order valence-corrected chi connectivity index (χ2v) is 3.08. The number of hydrogen-bond acceptors (Lipinski definition) is 2. The molecule has 13 heavy (non-hydrogen) atoms. The van der Waals surface area contributed by atoms with Gasteiger partial charge in [0.05, 0.1) is 0 Å². The van der Waals surface area contributed by atoms with Crippen molar-refractivity contribution in [1.29, 1.82) is 0 Å². The molecule has 0 heterocycles. The third-order valence-electron chi connectivity index (χ3n) is 1.92. The van der Waals surface area contributed by atoms with Gasteiger partial charge in [-0.25, -0.2) is 0 Å². The van der Waals surface area contributed by atoms with Crippen molar-refractivity contribution >= 4 is 18.0 Å². The Labute approximate surface area is 78.1 Å². The first-order chi connectivity index (χ1) is 6.15. The summed E-state index contributed by atoms with van der Waals surface area (Å²) in [5.74, 6) is 0. The molecule has 2 N–H and O–H groups in total. The van der Waals surface area contributed by atoms with E-state index in [-0.39, 0.29) is 0 Å². The molecule has 0 bridgehead atoms. The molecule has 68 valence electrons. The van der Waals surface area contributed by atoms with Gasteiger partial charge < -0.3 is 5.73 Å². The van der Waals surface area contributed by atoms with Gasteiger partial charge in [0.2, 0.25) is 0 Å². The molecule has 0 radical (unpaired) electrons. The number of carbonyl (C=O) groups excluding carboxylic acids is 1. The van der Waals surface area contributed by atoms with Crippen molar-refractivity contribution < 1.29 is 4.79 Å². The molecule has 1 aromatic carbocycles. The largest absolute Gasteiger partial charge is 0.398 e. The van der Waals surface area contributed by atoms with E-state index in [1.165, 1.54) is 6.08 Å². The highest BCUT2D eigenvalue weighted by Crippen LogP contribution is 2.20. The minimum absolute atomic E-state index is 0.740. The molecule has 0 saturated heterocycles. The molecule has 0 aliphatic rings. The molecule has 0 amide bonds. The highest BCUT2D eigenvalue weighted by atomic mass is 16.1. The number of aryl methyl sites for hydroxylation is 2. The molecule has 0 unspecified atom stereocenters. The van der Waals surface area contributed by atoms with Gasteiger partial charge in [-0.15, -0.1) is 0 Å². The highest BCUT2D eigenvalue weighted by Gasteiger charge is 1.99. The Morgan fingerprint density at radius 2 is 2.00 bits per heavy atom. The lowest BCUT2D eigenvalue weighted by atomic mass is 10.0. The number of aldehydes is 1. The van der Waals surface area contributed by atoms with E-state index >= 15 is 0 Å². The minimum atomic E-state index is 0.740. The van der Waals surface area contributed by atoms with E-state index in [1.54, 1.807) is 6.08 Å². The van der Waals surface area contributed by atoms with Crippen LogP contribution in [0.15, 0.2) is 18.2 Å². The monoisotopic (exact) mass is 175 g/mol. The quantitative estimate of drug-likeness (QED) is 0.425. The molecular weight excluding hydrogens is 162 g/mol. The van der Waals surface area contributed by atoms with Crippen LogP contribution in [0, 0.1) is 13.8 Å².